The maximum absolute atomic E-state index is 7.27. The third-order valence-electron chi connectivity index (χ3n) is 0. The van der Waals surface area contributed by atoms with Gasteiger partial charge in [-0.2, -0.15) is 0 Å². The molecule has 10 heteroatoms. The van der Waals surface area contributed by atoms with Gasteiger partial charge in [-0.25, -0.2) is 0 Å². The molecule has 0 aromatic heterocycles. The van der Waals surface area contributed by atoms with Gasteiger partial charge in [0.2, 0.25) is 0 Å². The molecule has 16 heavy (non-hydrogen) atoms. The summed E-state index contributed by atoms with van der Waals surface area (Å²) in [6.45, 7) is 6.81. The molecule has 0 aromatic carbocycles. The normalized spacial score (nSPS) is 4.50. The minimum absolute atomic E-state index is 0. The Kier molecular flexibility index (Phi) is 327. The van der Waals surface area contributed by atoms with E-state index in [1.807, 2.05) is 0 Å². The van der Waals surface area contributed by atoms with Crippen LogP contribution < -0.4 is 0 Å². The van der Waals surface area contributed by atoms with Crippen molar-refractivity contribution in [3.63, 3.8) is 0 Å². The van der Waals surface area contributed by atoms with Gasteiger partial charge in [-0.3, -0.25) is 0 Å². The molecule has 0 aliphatic carbocycles. The monoisotopic (exact) mass is 432 g/mol. The first kappa shape index (κ1) is 78.9. The Labute approximate surface area is 155 Å². The van der Waals surface area contributed by atoms with E-state index in [0.29, 0.717) is 0 Å². The number of hydrogen-bond acceptors (Lipinski definition) is 3. The molecule has 9 N–H and O–H groups in total. The van der Waals surface area contributed by atoms with Crippen LogP contribution in [0, 0.1) is 0 Å². The summed E-state index contributed by atoms with van der Waals surface area (Å²) >= 11 is 0. The predicted octanol–water partition coefficient (Wildman–Crippen LogP) is -1.25. The summed E-state index contributed by atoms with van der Waals surface area (Å²) in [6, 6.07) is 0. The molecule has 0 fully saturated rings. The van der Waals surface area contributed by atoms with Gasteiger partial charge in [-0.1, -0.05) is 41.9 Å². The molecule has 0 aliphatic rings. The molecule has 104 valence electrons. The molecule has 0 saturated heterocycles. The molecular weight excluding hydrogens is 402 g/mol. The second-order valence-electron chi connectivity index (χ2n) is 1.80. The maximum Gasteiger partial charge on any atom is 0.569 e. The standard InChI is InChI=1S/C3H9Si.3CH4.H3O3Si.3H2O.2Y/c1-4(2)3;;;;1-4(2)3;;;;;/h1-3H3;3*1H4;1-3H;3*1H2;;. The predicted molar refractivity (Wildman–Crippen MR) is 66.8 cm³/mol. The first-order chi connectivity index (χ1) is 3.46. The van der Waals surface area contributed by atoms with Crippen LogP contribution >= 0.6 is 0 Å². The summed E-state index contributed by atoms with van der Waals surface area (Å²) in [7, 11) is -2.76. The fraction of sp³-hybridized carbons (Fsp3) is 1.00. The van der Waals surface area contributed by atoms with E-state index >= 15 is 0 Å². The van der Waals surface area contributed by atoms with Gasteiger partial charge in [0.15, 0.2) is 0 Å². The third kappa shape index (κ3) is 675. The Morgan fingerprint density at radius 2 is 0.625 bits per heavy atom. The molecule has 0 atom stereocenters. The van der Waals surface area contributed by atoms with Crippen molar-refractivity contribution < 1.29 is 96.2 Å². The van der Waals surface area contributed by atoms with Crippen LogP contribution in [-0.4, -0.2) is 49.1 Å². The summed E-state index contributed by atoms with van der Waals surface area (Å²) in [5, 5.41) is 0. The molecular formula is C6H30O6Si2Y2. The largest absolute Gasteiger partial charge is 0.569 e. The third-order valence-corrected chi connectivity index (χ3v) is 0. The summed E-state index contributed by atoms with van der Waals surface area (Å²) in [5.74, 6) is 0. The fourth-order valence-electron chi connectivity index (χ4n) is 0. The van der Waals surface area contributed by atoms with Gasteiger partial charge in [0.25, 0.3) is 0 Å². The summed E-state index contributed by atoms with van der Waals surface area (Å²) in [6.07, 6.45) is 0. The Balaban J connectivity index is -0.00000000375. The van der Waals surface area contributed by atoms with E-state index in [9.17, 15) is 0 Å². The van der Waals surface area contributed by atoms with E-state index in [4.69, 9.17) is 14.4 Å². The first-order valence-electron chi connectivity index (χ1n) is 2.17. The molecule has 0 saturated carbocycles. The van der Waals surface area contributed by atoms with Crippen LogP contribution in [-0.2, 0) is 65.4 Å². The van der Waals surface area contributed by atoms with Crippen LogP contribution in [0.5, 0.6) is 0 Å². The van der Waals surface area contributed by atoms with E-state index in [-0.39, 0.29) is 113 Å². The second kappa shape index (κ2) is 66.3. The molecule has 0 rings (SSSR count). The van der Waals surface area contributed by atoms with E-state index < -0.39 is 9.53 Å². The van der Waals surface area contributed by atoms with Crippen molar-refractivity contribution in [2.45, 2.75) is 41.9 Å². The Morgan fingerprint density at radius 1 is 0.625 bits per heavy atom. The Bertz CT molecular complexity index is 44.5. The van der Waals surface area contributed by atoms with E-state index in [1.54, 1.807) is 0 Å². The van der Waals surface area contributed by atoms with Gasteiger partial charge in [-0.15, -0.1) is 0 Å². The zero-order valence-electron chi connectivity index (χ0n) is 8.00. The van der Waals surface area contributed by atoms with Crippen LogP contribution in [0.3, 0.4) is 0 Å². The molecule has 0 aliphatic heterocycles. The minimum atomic E-state index is -2.88. The van der Waals surface area contributed by atoms with Gasteiger partial charge in [-0.05, 0) is 0 Å². The van der Waals surface area contributed by atoms with Crippen LogP contribution in [0.15, 0.2) is 0 Å². The topological polar surface area (TPSA) is 155 Å². The van der Waals surface area contributed by atoms with E-state index in [1.165, 1.54) is 0 Å². The summed E-state index contributed by atoms with van der Waals surface area (Å²) in [4.78, 5) is 21.8. The van der Waals surface area contributed by atoms with Crippen molar-refractivity contribution >= 4 is 18.3 Å². The quantitative estimate of drug-likeness (QED) is 0.410. The number of rotatable bonds is 0. The molecule has 4 radical (unpaired) electrons. The molecule has 0 bridgehead atoms. The molecule has 0 unspecified atom stereocenters. The van der Waals surface area contributed by atoms with E-state index in [0.717, 1.165) is 0 Å². The van der Waals surface area contributed by atoms with E-state index in [2.05, 4.69) is 19.6 Å². The maximum atomic E-state index is 7.27. The van der Waals surface area contributed by atoms with Crippen molar-refractivity contribution in [3.8, 4) is 0 Å². The summed E-state index contributed by atoms with van der Waals surface area (Å²) < 4.78 is 0. The smallest absolute Gasteiger partial charge is 0.412 e. The van der Waals surface area contributed by atoms with Crippen molar-refractivity contribution in [1.82, 2.24) is 0 Å². The van der Waals surface area contributed by atoms with Crippen molar-refractivity contribution in [1.29, 1.82) is 0 Å². The minimum Gasteiger partial charge on any atom is -0.412 e. The van der Waals surface area contributed by atoms with Crippen molar-refractivity contribution in [3.05, 3.63) is 0 Å². The van der Waals surface area contributed by atoms with Gasteiger partial charge >= 0.3 is 9.53 Å². The van der Waals surface area contributed by atoms with Gasteiger partial charge in [0, 0.05) is 74.2 Å². The summed E-state index contributed by atoms with van der Waals surface area (Å²) in [5.41, 5.74) is 0. The molecule has 6 nitrogen and oxygen atoms in total. The zero-order valence-corrected chi connectivity index (χ0v) is 15.7. The SMILES string of the molecule is C.C.C.C[Si](C)C.O.O.O.O[Si](O)O.[Y].[Y]. The first-order valence-corrected chi connectivity index (χ1v) is 6.51. The Hall–Kier alpha value is 2.40. The number of hydrogen-bond donors (Lipinski definition) is 3. The van der Waals surface area contributed by atoms with Crippen molar-refractivity contribution in [2.24, 2.45) is 0 Å². The van der Waals surface area contributed by atoms with Crippen LogP contribution in [0.2, 0.25) is 19.6 Å². The van der Waals surface area contributed by atoms with Gasteiger partial charge in [0.05, 0.1) is 0 Å². The average Bonchev–Trinajstić information content (AvgIpc) is 1.25. The van der Waals surface area contributed by atoms with Crippen LogP contribution in [0.4, 0.5) is 0 Å². The molecule has 0 heterocycles. The average molecular weight is 432 g/mol. The van der Waals surface area contributed by atoms with Gasteiger partial charge in [0.1, 0.15) is 0 Å². The zero-order chi connectivity index (χ0) is 7.15. The molecule has 0 amide bonds. The molecule has 0 aromatic rings. The molecule has 0 spiro atoms. The van der Waals surface area contributed by atoms with Crippen LogP contribution in [0.1, 0.15) is 22.3 Å². The van der Waals surface area contributed by atoms with Crippen LogP contribution in [0.25, 0.3) is 0 Å². The van der Waals surface area contributed by atoms with Crippen molar-refractivity contribution in [2.75, 3.05) is 0 Å². The van der Waals surface area contributed by atoms with Gasteiger partial charge < -0.3 is 30.8 Å². The Morgan fingerprint density at radius 3 is 0.625 bits per heavy atom. The fourth-order valence-corrected chi connectivity index (χ4v) is 0. The second-order valence-corrected chi connectivity index (χ2v) is 5.40.